The minimum absolute atomic E-state index is 0.829. The Bertz CT molecular complexity index is 601. The Labute approximate surface area is 249 Å². The van der Waals surface area contributed by atoms with Crippen LogP contribution >= 0.6 is 0 Å². The molecule has 0 aromatic carbocycles. The summed E-state index contributed by atoms with van der Waals surface area (Å²) in [5, 5.41) is 0. The van der Waals surface area contributed by atoms with E-state index in [0.29, 0.717) is 0 Å². The van der Waals surface area contributed by atoms with Gasteiger partial charge in [-0.1, -0.05) is 0 Å². The van der Waals surface area contributed by atoms with Crippen LogP contribution in [0.1, 0.15) is 0 Å². The van der Waals surface area contributed by atoms with Gasteiger partial charge < -0.3 is 29.4 Å². The lowest BCUT2D eigenvalue weighted by Crippen LogP contribution is -2.49. The largest absolute Gasteiger partial charge is 0.440 e. The molecule has 38 heavy (non-hydrogen) atoms. The van der Waals surface area contributed by atoms with E-state index in [4.69, 9.17) is 29.4 Å². The first-order chi connectivity index (χ1) is 16.7. The van der Waals surface area contributed by atoms with Gasteiger partial charge in [0.25, 0.3) is 9.28 Å². The summed E-state index contributed by atoms with van der Waals surface area (Å²) >= 11 is 0. The fourth-order valence-electron chi connectivity index (χ4n) is 4.01. The Hall–Kier alpha value is 1.67. The van der Waals surface area contributed by atoms with Crippen molar-refractivity contribution in [2.24, 2.45) is 0 Å². The summed E-state index contributed by atoms with van der Waals surface area (Å²) in [4.78, 5) is 0. The minimum Gasteiger partial charge on any atom is -0.440 e. The van der Waals surface area contributed by atoms with Crippen LogP contribution in [-0.2, 0) is 29.4 Å². The van der Waals surface area contributed by atoms with Gasteiger partial charge in [0.05, 0.1) is 0 Å². The van der Waals surface area contributed by atoms with Crippen molar-refractivity contribution in [2.45, 2.75) is 130 Å². The van der Waals surface area contributed by atoms with Gasteiger partial charge in [0.15, 0.2) is 52.1 Å². The quantitative estimate of drug-likeness (QED) is 0.241. The summed E-state index contributed by atoms with van der Waals surface area (Å²) < 4.78 is 41.5. The Morgan fingerprint density at radius 3 is 1.53 bits per heavy atom. The molecule has 1 aliphatic rings. The van der Waals surface area contributed by atoms with Crippen molar-refractivity contribution in [1.82, 2.24) is 0 Å². The maximum atomic E-state index is 6.14. The van der Waals surface area contributed by atoms with Crippen molar-refractivity contribution in [3.8, 4) is 0 Å². The van der Waals surface area contributed by atoms with Gasteiger partial charge in [-0.15, -0.1) is 0 Å². The van der Waals surface area contributed by atoms with Crippen LogP contribution < -0.4 is 0 Å². The van der Waals surface area contributed by atoms with Crippen molar-refractivity contribution in [3.05, 3.63) is 0 Å². The molecule has 1 rings (SSSR count). The van der Waals surface area contributed by atoms with E-state index >= 15 is 0 Å². The van der Waals surface area contributed by atoms with Crippen molar-refractivity contribution < 1.29 is 29.4 Å². The molecule has 0 aliphatic carbocycles. The molecule has 1 saturated heterocycles. The normalized spacial score (nSPS) is 20.1. The van der Waals surface area contributed by atoms with Crippen molar-refractivity contribution in [1.29, 1.82) is 0 Å². The van der Waals surface area contributed by atoms with Crippen LogP contribution in [-0.4, -0.2) is 91.7 Å². The molecule has 0 amide bonds. The fraction of sp³-hybridized carbons (Fsp3) is 1.00. The molecular formula is C22H66O7Si9. The molecule has 1 heterocycles. The van der Waals surface area contributed by atoms with E-state index < -0.39 is 78.5 Å². The Balaban J connectivity index is 0. The highest BCUT2D eigenvalue weighted by molar-refractivity contribution is 6.85. The molecule has 0 saturated carbocycles. The molecule has 0 aromatic rings. The van der Waals surface area contributed by atoms with E-state index in [2.05, 4.69) is 118 Å². The average molecular weight is 696 g/mol. The number of rotatable bonds is 10. The smallest absolute Gasteiger partial charge is 0.312 e. The van der Waals surface area contributed by atoms with Gasteiger partial charge in [-0.05, 0) is 130 Å². The van der Waals surface area contributed by atoms with E-state index in [-0.39, 0.29) is 0 Å². The number of hydrogen-bond donors (Lipinski definition) is 0. The van der Waals surface area contributed by atoms with Crippen LogP contribution in [0.4, 0.5) is 0 Å². The summed E-state index contributed by atoms with van der Waals surface area (Å²) in [5.74, 6) is 0. The molecule has 1 aliphatic heterocycles. The summed E-state index contributed by atoms with van der Waals surface area (Å²) in [6.45, 7) is 41.4. The second kappa shape index (κ2) is 18.4. The van der Waals surface area contributed by atoms with Crippen molar-refractivity contribution >= 4 is 78.5 Å². The zero-order chi connectivity index (χ0) is 30.6. The molecule has 232 valence electrons. The van der Waals surface area contributed by atoms with Crippen molar-refractivity contribution in [3.63, 3.8) is 0 Å². The predicted molar refractivity (Wildman–Crippen MR) is 190 cm³/mol. The zero-order valence-electron chi connectivity index (χ0n) is 28.5. The van der Waals surface area contributed by atoms with E-state index in [1.807, 2.05) is 0 Å². The van der Waals surface area contributed by atoms with Gasteiger partial charge in [-0.2, -0.15) is 0 Å². The SMILES string of the molecule is C[SiH](C)O[Si](C)(C)O[SiH](C)C.C[SiH](O[Si](C)(C)C)O[Si](C)(C)O[Si](C)(C)C.C[SiH]1CCO[Si](C)(C)CCO1. The number of hydrogen-bond acceptors (Lipinski definition) is 7. The molecule has 0 spiro atoms. The first kappa shape index (κ1) is 41.8. The summed E-state index contributed by atoms with van der Waals surface area (Å²) in [7, 11) is -12.1. The molecule has 2 unspecified atom stereocenters. The second-order valence-corrected chi connectivity index (χ2v) is 44.9. The molecule has 0 radical (unpaired) electrons. The highest BCUT2D eigenvalue weighted by Gasteiger charge is 2.34. The highest BCUT2D eigenvalue weighted by Crippen LogP contribution is 2.18. The van der Waals surface area contributed by atoms with E-state index in [0.717, 1.165) is 13.2 Å². The summed E-state index contributed by atoms with van der Waals surface area (Å²) in [6.07, 6.45) is 0. The monoisotopic (exact) mass is 694 g/mol. The predicted octanol–water partition coefficient (Wildman–Crippen LogP) is 6.54. The molecule has 2 atom stereocenters. The van der Waals surface area contributed by atoms with Crippen LogP contribution in [0.25, 0.3) is 0 Å². The van der Waals surface area contributed by atoms with E-state index in [1.165, 1.54) is 12.1 Å². The van der Waals surface area contributed by atoms with Gasteiger partial charge in [0.2, 0.25) is 0 Å². The van der Waals surface area contributed by atoms with Gasteiger partial charge in [0, 0.05) is 13.2 Å². The lowest BCUT2D eigenvalue weighted by Gasteiger charge is -2.34. The molecular weight excluding hydrogens is 629 g/mol. The van der Waals surface area contributed by atoms with Crippen LogP contribution in [0, 0.1) is 0 Å². The van der Waals surface area contributed by atoms with Crippen LogP contribution in [0.5, 0.6) is 0 Å². The minimum atomic E-state index is -1.98. The molecule has 7 nitrogen and oxygen atoms in total. The highest BCUT2D eigenvalue weighted by atomic mass is 28.5. The van der Waals surface area contributed by atoms with Gasteiger partial charge in [-0.25, -0.2) is 0 Å². The first-order valence-electron chi connectivity index (χ1n) is 14.4. The average Bonchev–Trinajstić information content (AvgIpc) is 2.53. The Morgan fingerprint density at radius 2 is 1.13 bits per heavy atom. The Morgan fingerprint density at radius 1 is 0.658 bits per heavy atom. The van der Waals surface area contributed by atoms with E-state index in [1.54, 1.807) is 0 Å². The summed E-state index contributed by atoms with van der Waals surface area (Å²) in [6, 6.07) is 2.36. The second-order valence-electron chi connectivity index (χ2n) is 14.1. The lowest BCUT2D eigenvalue weighted by atomic mass is 10.9. The molecule has 16 heteroatoms. The molecule has 0 aromatic heterocycles. The third kappa shape index (κ3) is 29.2. The zero-order valence-corrected chi connectivity index (χ0v) is 38.1. The maximum absolute atomic E-state index is 6.14. The van der Waals surface area contributed by atoms with E-state index in [9.17, 15) is 0 Å². The van der Waals surface area contributed by atoms with Crippen LogP contribution in [0.3, 0.4) is 0 Å². The lowest BCUT2D eigenvalue weighted by molar-refractivity contribution is 0.272. The topological polar surface area (TPSA) is 64.6 Å². The summed E-state index contributed by atoms with van der Waals surface area (Å²) in [5.41, 5.74) is 0. The van der Waals surface area contributed by atoms with Crippen LogP contribution in [0.2, 0.25) is 130 Å². The van der Waals surface area contributed by atoms with Crippen molar-refractivity contribution in [2.75, 3.05) is 13.2 Å². The van der Waals surface area contributed by atoms with Gasteiger partial charge >= 0.3 is 17.1 Å². The standard InChI is InChI=1S/C9H28O3Si4.C7H18O2Si2.C6H20O2Si3/c1-13(10-14(2,3)4)11-16(8,9)12-15(5,6)7;1-10-6-4-9-11(2,3)7-5-8-10;1-9(2)7-11(5,6)8-10(3)4/h13H,1-9H3;10H,4-7H2,1-3H3;9-10H,1-6H3. The first-order valence-corrected chi connectivity index (χ1v) is 40.1. The third-order valence-corrected chi connectivity index (χ3v) is 29.4. The molecule has 0 N–H and O–H groups in total. The van der Waals surface area contributed by atoms with Gasteiger partial charge in [0.1, 0.15) is 0 Å². The Kier molecular flexibility index (Phi) is 20.2. The molecule has 0 bridgehead atoms. The molecule has 1 fully saturated rings. The maximum Gasteiger partial charge on any atom is 0.312 e. The van der Waals surface area contributed by atoms with Gasteiger partial charge in [-0.3, -0.25) is 0 Å². The fourth-order valence-corrected chi connectivity index (χ4v) is 31.2. The van der Waals surface area contributed by atoms with Crippen LogP contribution in [0.15, 0.2) is 0 Å². The third-order valence-electron chi connectivity index (χ3n) is 4.68.